The van der Waals surface area contributed by atoms with E-state index in [2.05, 4.69) is 0 Å². The third-order valence-electron chi connectivity index (χ3n) is 3.81. The molecule has 0 fully saturated rings. The molecule has 1 amide bonds. The van der Waals surface area contributed by atoms with Gasteiger partial charge in [-0.25, -0.2) is 0 Å². The SMILES string of the molecule is CC(=O)Oc1ccc(OC(C)=O)c2c1CN(Cc1ccccc1)C2=O. The van der Waals surface area contributed by atoms with Gasteiger partial charge in [-0.1, -0.05) is 30.3 Å². The predicted molar refractivity (Wildman–Crippen MR) is 89.1 cm³/mol. The van der Waals surface area contributed by atoms with Gasteiger partial charge in [0.2, 0.25) is 0 Å². The standard InChI is InChI=1S/C19H17NO5/c1-12(21)24-16-8-9-17(25-13(2)22)18-15(16)11-20(19(18)23)10-14-6-4-3-5-7-14/h3-9H,10-11H2,1-2H3. The van der Waals surface area contributed by atoms with E-state index in [1.54, 1.807) is 4.90 Å². The molecule has 0 N–H and O–H groups in total. The molecule has 0 spiro atoms. The van der Waals surface area contributed by atoms with Crippen molar-refractivity contribution in [2.75, 3.05) is 0 Å². The van der Waals surface area contributed by atoms with Gasteiger partial charge in [-0.3, -0.25) is 14.4 Å². The lowest BCUT2D eigenvalue weighted by Gasteiger charge is -2.15. The summed E-state index contributed by atoms with van der Waals surface area (Å²) in [5.74, 6) is -0.765. The topological polar surface area (TPSA) is 72.9 Å². The van der Waals surface area contributed by atoms with Crippen molar-refractivity contribution >= 4 is 17.8 Å². The zero-order chi connectivity index (χ0) is 18.0. The maximum atomic E-state index is 12.8. The molecule has 6 nitrogen and oxygen atoms in total. The van der Waals surface area contributed by atoms with Crippen LogP contribution in [0.5, 0.6) is 11.5 Å². The number of fused-ring (bicyclic) bond motifs is 1. The minimum atomic E-state index is -0.517. The molecule has 0 bridgehead atoms. The molecular weight excluding hydrogens is 322 g/mol. The van der Waals surface area contributed by atoms with Crippen molar-refractivity contribution in [1.82, 2.24) is 4.90 Å². The van der Waals surface area contributed by atoms with Crippen LogP contribution in [0.25, 0.3) is 0 Å². The van der Waals surface area contributed by atoms with Crippen LogP contribution in [0.1, 0.15) is 35.3 Å². The van der Waals surface area contributed by atoms with Crippen LogP contribution in [0, 0.1) is 0 Å². The molecule has 2 aromatic rings. The molecule has 1 aliphatic heterocycles. The summed E-state index contributed by atoms with van der Waals surface area (Å²) < 4.78 is 10.4. The van der Waals surface area contributed by atoms with Crippen LogP contribution in [0.15, 0.2) is 42.5 Å². The second kappa shape index (κ2) is 6.76. The van der Waals surface area contributed by atoms with Crippen LogP contribution >= 0.6 is 0 Å². The minimum Gasteiger partial charge on any atom is -0.426 e. The number of nitrogens with zero attached hydrogens (tertiary/aromatic N) is 1. The Bertz CT molecular complexity index is 844. The number of amides is 1. The van der Waals surface area contributed by atoms with Crippen LogP contribution in [-0.4, -0.2) is 22.7 Å². The first-order valence-electron chi connectivity index (χ1n) is 7.81. The van der Waals surface area contributed by atoms with Crippen molar-refractivity contribution in [2.24, 2.45) is 0 Å². The summed E-state index contributed by atoms with van der Waals surface area (Å²) in [4.78, 5) is 37.1. The second-order valence-electron chi connectivity index (χ2n) is 5.75. The number of ether oxygens (including phenoxy) is 2. The molecule has 0 unspecified atom stereocenters. The zero-order valence-electron chi connectivity index (χ0n) is 13.9. The summed E-state index contributed by atoms with van der Waals surface area (Å²) >= 11 is 0. The van der Waals surface area contributed by atoms with E-state index in [0.717, 1.165) is 5.56 Å². The van der Waals surface area contributed by atoms with E-state index < -0.39 is 11.9 Å². The number of benzene rings is 2. The Morgan fingerprint density at radius 1 is 0.960 bits per heavy atom. The van der Waals surface area contributed by atoms with Crippen molar-refractivity contribution in [3.63, 3.8) is 0 Å². The van der Waals surface area contributed by atoms with Crippen LogP contribution in [0.3, 0.4) is 0 Å². The normalized spacial score (nSPS) is 12.7. The Balaban J connectivity index is 1.97. The smallest absolute Gasteiger partial charge is 0.308 e. The van der Waals surface area contributed by atoms with E-state index in [-0.39, 0.29) is 23.8 Å². The highest BCUT2D eigenvalue weighted by Crippen LogP contribution is 2.38. The van der Waals surface area contributed by atoms with Crippen LogP contribution in [-0.2, 0) is 22.7 Å². The van der Waals surface area contributed by atoms with Gasteiger partial charge >= 0.3 is 11.9 Å². The van der Waals surface area contributed by atoms with Crippen molar-refractivity contribution in [3.05, 3.63) is 59.2 Å². The maximum Gasteiger partial charge on any atom is 0.308 e. The fourth-order valence-corrected chi connectivity index (χ4v) is 2.84. The quantitative estimate of drug-likeness (QED) is 0.632. The number of hydrogen-bond donors (Lipinski definition) is 0. The van der Waals surface area contributed by atoms with Crippen molar-refractivity contribution in [3.8, 4) is 11.5 Å². The Hall–Kier alpha value is -3.15. The molecule has 0 atom stereocenters. The van der Waals surface area contributed by atoms with Crippen LogP contribution < -0.4 is 9.47 Å². The summed E-state index contributed by atoms with van der Waals surface area (Å²) in [5, 5.41) is 0. The molecule has 0 saturated carbocycles. The summed E-state index contributed by atoms with van der Waals surface area (Å²) in [6.07, 6.45) is 0. The van der Waals surface area contributed by atoms with Gasteiger partial charge in [0.1, 0.15) is 11.5 Å². The van der Waals surface area contributed by atoms with Gasteiger partial charge in [-0.15, -0.1) is 0 Å². The van der Waals surface area contributed by atoms with E-state index in [0.29, 0.717) is 17.9 Å². The van der Waals surface area contributed by atoms with Gasteiger partial charge in [0, 0.05) is 26.0 Å². The summed E-state index contributed by atoms with van der Waals surface area (Å²) in [5.41, 5.74) is 1.80. The lowest BCUT2D eigenvalue weighted by atomic mass is 10.1. The lowest BCUT2D eigenvalue weighted by Crippen LogP contribution is -2.23. The predicted octanol–water partition coefficient (Wildman–Crippen LogP) is 2.69. The van der Waals surface area contributed by atoms with E-state index in [4.69, 9.17) is 9.47 Å². The second-order valence-corrected chi connectivity index (χ2v) is 5.75. The average molecular weight is 339 g/mol. The van der Waals surface area contributed by atoms with E-state index in [1.807, 2.05) is 30.3 Å². The van der Waals surface area contributed by atoms with Gasteiger partial charge in [0.25, 0.3) is 5.91 Å². The first-order chi connectivity index (χ1) is 12.0. The fraction of sp³-hybridized carbons (Fsp3) is 0.211. The molecule has 0 aliphatic carbocycles. The molecule has 6 heteroatoms. The third kappa shape index (κ3) is 3.52. The largest absolute Gasteiger partial charge is 0.426 e. The zero-order valence-corrected chi connectivity index (χ0v) is 13.9. The van der Waals surface area contributed by atoms with Gasteiger partial charge in [-0.05, 0) is 17.7 Å². The van der Waals surface area contributed by atoms with Gasteiger partial charge in [0.15, 0.2) is 0 Å². The molecule has 1 heterocycles. The molecule has 0 saturated heterocycles. The molecule has 3 rings (SSSR count). The fourth-order valence-electron chi connectivity index (χ4n) is 2.84. The van der Waals surface area contributed by atoms with Crippen molar-refractivity contribution in [1.29, 1.82) is 0 Å². The van der Waals surface area contributed by atoms with E-state index in [9.17, 15) is 14.4 Å². The molecule has 128 valence electrons. The number of hydrogen-bond acceptors (Lipinski definition) is 5. The van der Waals surface area contributed by atoms with Crippen LogP contribution in [0.2, 0.25) is 0 Å². The highest BCUT2D eigenvalue weighted by Gasteiger charge is 2.34. The first kappa shape index (κ1) is 16.7. The monoisotopic (exact) mass is 339 g/mol. The molecular formula is C19H17NO5. The van der Waals surface area contributed by atoms with E-state index in [1.165, 1.54) is 26.0 Å². The Morgan fingerprint density at radius 2 is 1.56 bits per heavy atom. The van der Waals surface area contributed by atoms with E-state index >= 15 is 0 Å². The Morgan fingerprint density at radius 3 is 2.20 bits per heavy atom. The summed E-state index contributed by atoms with van der Waals surface area (Å²) in [6.45, 7) is 3.26. The number of carbonyl (C=O) groups excluding carboxylic acids is 3. The first-order valence-corrected chi connectivity index (χ1v) is 7.81. The van der Waals surface area contributed by atoms with Gasteiger partial charge in [0.05, 0.1) is 12.1 Å². The highest BCUT2D eigenvalue weighted by molar-refractivity contribution is 6.02. The van der Waals surface area contributed by atoms with Gasteiger partial charge < -0.3 is 14.4 Å². The number of esters is 2. The number of rotatable bonds is 4. The molecule has 25 heavy (non-hydrogen) atoms. The van der Waals surface area contributed by atoms with Gasteiger partial charge in [-0.2, -0.15) is 0 Å². The van der Waals surface area contributed by atoms with Crippen LogP contribution in [0.4, 0.5) is 0 Å². The van der Waals surface area contributed by atoms with Crippen molar-refractivity contribution < 1.29 is 23.9 Å². The highest BCUT2D eigenvalue weighted by atomic mass is 16.5. The Labute approximate surface area is 145 Å². The average Bonchev–Trinajstić information content (AvgIpc) is 2.88. The molecule has 0 aromatic heterocycles. The molecule has 0 radical (unpaired) electrons. The molecule has 2 aromatic carbocycles. The minimum absolute atomic E-state index is 0.180. The molecule has 1 aliphatic rings. The maximum absolute atomic E-state index is 12.8. The lowest BCUT2D eigenvalue weighted by molar-refractivity contribution is -0.133. The summed E-state index contributed by atoms with van der Waals surface area (Å²) in [6, 6.07) is 12.6. The third-order valence-corrected chi connectivity index (χ3v) is 3.81. The van der Waals surface area contributed by atoms with Crippen molar-refractivity contribution in [2.45, 2.75) is 26.9 Å². The number of carbonyl (C=O) groups is 3. The summed E-state index contributed by atoms with van der Waals surface area (Å²) in [7, 11) is 0. The Kier molecular flexibility index (Phi) is 4.52.